The smallest absolute Gasteiger partial charge is 0.227 e. The van der Waals surface area contributed by atoms with E-state index in [0.717, 1.165) is 80.5 Å². The molecule has 3 aliphatic rings. The number of aromatic nitrogens is 2. The maximum Gasteiger partial charge on any atom is 0.227 e. The van der Waals surface area contributed by atoms with Gasteiger partial charge in [0.2, 0.25) is 5.91 Å². The van der Waals surface area contributed by atoms with Crippen LogP contribution in [0.15, 0.2) is 56.6 Å². The average molecular weight is 507 g/mol. The van der Waals surface area contributed by atoms with E-state index < -0.39 is 0 Å². The Kier molecular flexibility index (Phi) is 7.43. The number of hydrogen-bond acceptors (Lipinski definition) is 8. The van der Waals surface area contributed by atoms with Crippen LogP contribution in [-0.2, 0) is 4.79 Å². The van der Waals surface area contributed by atoms with Crippen LogP contribution in [0.3, 0.4) is 0 Å². The number of carbonyl (C=O) groups is 1. The molecule has 3 fully saturated rings. The van der Waals surface area contributed by atoms with Gasteiger partial charge >= 0.3 is 0 Å². The van der Waals surface area contributed by atoms with E-state index in [0.29, 0.717) is 23.2 Å². The molecule has 0 spiro atoms. The van der Waals surface area contributed by atoms with Crippen molar-refractivity contribution >= 4 is 40.8 Å². The van der Waals surface area contributed by atoms with Crippen LogP contribution in [0.1, 0.15) is 39.0 Å². The highest BCUT2D eigenvalue weighted by Crippen LogP contribution is 2.33. The minimum Gasteiger partial charge on any atom is -0.402 e. The van der Waals surface area contributed by atoms with Crippen molar-refractivity contribution in [1.82, 2.24) is 14.9 Å². The molecule has 0 atom stereocenters. The molecule has 2 aromatic rings. The molecule has 0 bridgehead atoms. The highest BCUT2D eigenvalue weighted by atomic mass is 32.2. The molecular weight excluding hydrogens is 472 g/mol. The molecule has 0 unspecified atom stereocenters. The number of hydrogen-bond donors (Lipinski definition) is 3. The summed E-state index contributed by atoms with van der Waals surface area (Å²) in [7, 11) is 0. The van der Waals surface area contributed by atoms with Crippen LogP contribution in [0.5, 0.6) is 0 Å². The number of nitrogens with one attached hydrogen (secondary N) is 1. The van der Waals surface area contributed by atoms with Crippen molar-refractivity contribution in [3.8, 4) is 0 Å². The van der Waals surface area contributed by atoms with Crippen LogP contribution in [0.25, 0.3) is 0 Å². The molecule has 1 aliphatic heterocycles. The van der Waals surface area contributed by atoms with Crippen LogP contribution >= 0.6 is 11.8 Å². The molecular formula is C26H34N8OS. The number of amidine groups is 1. The van der Waals surface area contributed by atoms with E-state index in [2.05, 4.69) is 32.0 Å². The Morgan fingerprint density at radius 2 is 1.83 bits per heavy atom. The lowest BCUT2D eigenvalue weighted by Gasteiger charge is -2.34. The lowest BCUT2D eigenvalue weighted by Crippen LogP contribution is -2.46. The minimum atomic E-state index is 0.104. The predicted octanol–water partition coefficient (Wildman–Crippen LogP) is 3.50. The van der Waals surface area contributed by atoms with Gasteiger partial charge in [-0.15, -0.1) is 0 Å². The number of aliphatic imine (C=N–C) groups is 1. The molecule has 5 N–H and O–H groups in total. The van der Waals surface area contributed by atoms with Crippen LogP contribution in [0, 0.1) is 5.92 Å². The van der Waals surface area contributed by atoms with E-state index in [4.69, 9.17) is 16.5 Å². The molecule has 0 radical (unpaired) electrons. The number of allylic oxidation sites excluding steroid dienone is 1. The zero-order valence-electron chi connectivity index (χ0n) is 20.7. The van der Waals surface area contributed by atoms with Crippen LogP contribution in [-0.4, -0.2) is 59.3 Å². The second-order valence-corrected chi connectivity index (χ2v) is 10.6. The molecule has 1 saturated heterocycles. The summed E-state index contributed by atoms with van der Waals surface area (Å²) in [5.74, 6) is 2.14. The molecule has 1 aromatic heterocycles. The summed E-state index contributed by atoms with van der Waals surface area (Å²) in [6.07, 6.45) is 4.55. The van der Waals surface area contributed by atoms with Crippen molar-refractivity contribution in [1.29, 1.82) is 0 Å². The van der Waals surface area contributed by atoms with Crippen LogP contribution in [0.4, 0.5) is 17.3 Å². The van der Waals surface area contributed by atoms with Gasteiger partial charge in [-0.05, 0) is 68.3 Å². The average Bonchev–Trinajstić information content (AvgIpc) is 3.78. The Hall–Kier alpha value is -3.11. The third-order valence-corrected chi connectivity index (χ3v) is 7.56. The summed E-state index contributed by atoms with van der Waals surface area (Å²) in [6.45, 7) is 7.06. The zero-order valence-corrected chi connectivity index (χ0v) is 21.6. The van der Waals surface area contributed by atoms with Crippen molar-refractivity contribution in [2.45, 2.75) is 49.1 Å². The van der Waals surface area contributed by atoms with Crippen molar-refractivity contribution in [2.75, 3.05) is 42.9 Å². The van der Waals surface area contributed by atoms with E-state index in [-0.39, 0.29) is 11.8 Å². The summed E-state index contributed by atoms with van der Waals surface area (Å²) in [5.41, 5.74) is 15.3. The SMILES string of the molecule is CCN1CCN(c2cc(N=C(N)CC(N)=C3CC3)nc(Sc3ccc(NC(=O)C4CC4)cc3)n2)CC1. The number of piperazine rings is 1. The molecule has 10 heteroatoms. The van der Waals surface area contributed by atoms with Crippen molar-refractivity contribution < 1.29 is 4.79 Å². The molecule has 36 heavy (non-hydrogen) atoms. The fraction of sp³-hybridized carbons (Fsp3) is 0.462. The quantitative estimate of drug-likeness (QED) is 0.268. The lowest BCUT2D eigenvalue weighted by atomic mass is 10.3. The maximum absolute atomic E-state index is 12.0. The normalized spacial score (nSPS) is 18.3. The first kappa shape index (κ1) is 24.6. The van der Waals surface area contributed by atoms with Gasteiger partial charge in [-0.3, -0.25) is 4.79 Å². The van der Waals surface area contributed by atoms with Gasteiger partial charge < -0.3 is 26.6 Å². The second-order valence-electron chi connectivity index (χ2n) is 9.59. The first-order chi connectivity index (χ1) is 17.5. The molecule has 2 aliphatic carbocycles. The highest BCUT2D eigenvalue weighted by Gasteiger charge is 2.29. The van der Waals surface area contributed by atoms with Gasteiger partial charge in [-0.1, -0.05) is 12.5 Å². The predicted molar refractivity (Wildman–Crippen MR) is 145 cm³/mol. The molecule has 9 nitrogen and oxygen atoms in total. The molecule has 2 saturated carbocycles. The number of rotatable bonds is 9. The van der Waals surface area contributed by atoms with Gasteiger partial charge in [0.1, 0.15) is 11.7 Å². The lowest BCUT2D eigenvalue weighted by molar-refractivity contribution is -0.117. The third-order valence-electron chi connectivity index (χ3n) is 6.69. The van der Waals surface area contributed by atoms with Gasteiger partial charge in [0.15, 0.2) is 11.0 Å². The highest BCUT2D eigenvalue weighted by molar-refractivity contribution is 7.99. The van der Waals surface area contributed by atoms with Crippen molar-refractivity contribution in [3.05, 3.63) is 41.6 Å². The Labute approximate surface area is 216 Å². The summed E-state index contributed by atoms with van der Waals surface area (Å²) >= 11 is 1.47. The first-order valence-corrected chi connectivity index (χ1v) is 13.5. The summed E-state index contributed by atoms with van der Waals surface area (Å²) in [5, 5.41) is 3.59. The maximum atomic E-state index is 12.0. The second kappa shape index (κ2) is 10.9. The number of nitrogens with two attached hydrogens (primary N) is 2. The van der Waals surface area contributed by atoms with E-state index in [1.807, 2.05) is 30.3 Å². The topological polar surface area (TPSA) is 126 Å². The number of carbonyl (C=O) groups excluding carboxylic acids is 1. The van der Waals surface area contributed by atoms with Gasteiger partial charge in [-0.2, -0.15) is 0 Å². The summed E-state index contributed by atoms with van der Waals surface area (Å²) in [6, 6.07) is 9.70. The number of benzene rings is 1. The van der Waals surface area contributed by atoms with Crippen LogP contribution < -0.4 is 21.7 Å². The van der Waals surface area contributed by atoms with E-state index >= 15 is 0 Å². The molecule has 1 aromatic carbocycles. The Morgan fingerprint density at radius 3 is 2.47 bits per heavy atom. The Morgan fingerprint density at radius 1 is 1.11 bits per heavy atom. The standard InChI is InChI=1S/C26H34N8OS/c1-2-33-11-13-34(14-12-33)24-16-23(30-22(28)15-21(27)17-3-4-17)31-26(32-24)36-20-9-7-19(8-10-20)29-25(35)18-5-6-18/h7-10,16,18H,2-6,11-15,27H2,1H3,(H,29,35)(H2,28,30,31,32). The number of nitrogens with zero attached hydrogens (tertiary/aromatic N) is 5. The first-order valence-electron chi connectivity index (χ1n) is 12.7. The van der Waals surface area contributed by atoms with Crippen LogP contribution in [0.2, 0.25) is 0 Å². The number of anilines is 2. The minimum absolute atomic E-state index is 0.104. The van der Waals surface area contributed by atoms with E-state index in [1.165, 1.54) is 17.3 Å². The third kappa shape index (κ3) is 6.55. The van der Waals surface area contributed by atoms with E-state index in [9.17, 15) is 4.79 Å². The van der Waals surface area contributed by atoms with Gasteiger partial charge in [-0.25, -0.2) is 15.0 Å². The monoisotopic (exact) mass is 506 g/mol. The molecule has 5 rings (SSSR count). The zero-order chi connectivity index (χ0) is 25.1. The largest absolute Gasteiger partial charge is 0.402 e. The Balaban J connectivity index is 1.34. The molecule has 190 valence electrons. The van der Waals surface area contributed by atoms with Crippen molar-refractivity contribution in [2.24, 2.45) is 22.4 Å². The van der Waals surface area contributed by atoms with E-state index in [1.54, 1.807) is 0 Å². The van der Waals surface area contributed by atoms with Gasteiger partial charge in [0, 0.05) is 60.9 Å². The van der Waals surface area contributed by atoms with Crippen molar-refractivity contribution in [3.63, 3.8) is 0 Å². The number of amides is 1. The summed E-state index contributed by atoms with van der Waals surface area (Å²) in [4.78, 5) is 31.9. The fourth-order valence-corrected chi connectivity index (χ4v) is 4.91. The Bertz CT molecular complexity index is 1160. The molecule has 1 amide bonds. The van der Waals surface area contributed by atoms with Gasteiger partial charge in [0.05, 0.1) is 0 Å². The fourth-order valence-electron chi connectivity index (χ4n) is 4.15. The number of likely N-dealkylation sites (N-methyl/N-ethyl adjacent to an activating group) is 1. The van der Waals surface area contributed by atoms with Gasteiger partial charge in [0.25, 0.3) is 0 Å². The molecule has 2 heterocycles. The summed E-state index contributed by atoms with van der Waals surface area (Å²) < 4.78 is 0.